The van der Waals surface area contributed by atoms with E-state index in [4.69, 9.17) is 18.9 Å². The molecule has 0 radical (unpaired) electrons. The highest BCUT2D eigenvalue weighted by Gasteiger charge is 2.17. The van der Waals surface area contributed by atoms with Gasteiger partial charge in [-0.2, -0.15) is 0 Å². The van der Waals surface area contributed by atoms with Gasteiger partial charge in [0.05, 0.1) is 32.2 Å². The van der Waals surface area contributed by atoms with Crippen molar-refractivity contribution in [2.75, 3.05) is 33.0 Å². The van der Waals surface area contributed by atoms with Crippen LogP contribution in [-0.2, 0) is 28.5 Å². The predicted molar refractivity (Wildman–Crippen MR) is 199 cm³/mol. The van der Waals surface area contributed by atoms with E-state index in [1.54, 1.807) is 0 Å². The van der Waals surface area contributed by atoms with E-state index in [2.05, 4.69) is 69.4 Å². The summed E-state index contributed by atoms with van der Waals surface area (Å²) in [5, 5.41) is 9.72. The standard InChI is InChI=1S/C41H72O7/c1-4-7-10-13-16-17-18-19-20-21-22-23-24-27-30-39(43)47-36-38(35-42)37-48-40(44)31-32-41(45-33-28-25-14-11-8-5-2)46-34-29-26-15-12-9-6-3/h8-9,11-13,16,18-19,38,41-42H,4-7,10,14-15,17,20-37H2,1-3H3/b11-8-,12-9-,16-13-,19-18-. The molecule has 0 amide bonds. The number of carbonyl (C=O) groups excluding carboxylic acids is 2. The van der Waals surface area contributed by atoms with Crippen LogP contribution < -0.4 is 0 Å². The number of carbonyl (C=O) groups is 2. The molecule has 1 unspecified atom stereocenters. The largest absolute Gasteiger partial charge is 0.465 e. The van der Waals surface area contributed by atoms with Crippen molar-refractivity contribution in [3.63, 3.8) is 0 Å². The molecule has 0 saturated heterocycles. The highest BCUT2D eigenvalue weighted by atomic mass is 16.7. The fourth-order valence-corrected chi connectivity index (χ4v) is 4.79. The molecule has 0 aromatic carbocycles. The average molecular weight is 677 g/mol. The molecule has 0 aliphatic carbocycles. The summed E-state index contributed by atoms with van der Waals surface area (Å²) in [6, 6.07) is 0. The summed E-state index contributed by atoms with van der Waals surface area (Å²) in [5.74, 6) is -1.08. The summed E-state index contributed by atoms with van der Waals surface area (Å²) in [4.78, 5) is 24.7. The molecule has 0 aliphatic rings. The van der Waals surface area contributed by atoms with Gasteiger partial charge in [0.25, 0.3) is 0 Å². The van der Waals surface area contributed by atoms with Crippen LogP contribution in [0.15, 0.2) is 48.6 Å². The van der Waals surface area contributed by atoms with Gasteiger partial charge >= 0.3 is 11.9 Å². The van der Waals surface area contributed by atoms with Gasteiger partial charge in [0.2, 0.25) is 0 Å². The Bertz CT molecular complexity index is 809. The Balaban J connectivity index is 4.16. The summed E-state index contributed by atoms with van der Waals surface area (Å²) >= 11 is 0. The summed E-state index contributed by atoms with van der Waals surface area (Å²) < 4.78 is 22.7. The molecule has 0 aliphatic heterocycles. The van der Waals surface area contributed by atoms with Gasteiger partial charge in [-0.15, -0.1) is 0 Å². The molecule has 0 heterocycles. The number of unbranched alkanes of at least 4 members (excludes halogenated alkanes) is 11. The SMILES string of the molecule is CC/C=C\CCCCOC(CCC(=O)OCC(CO)COC(=O)CCCCCCC/C=C\C/C=C\CCCC)OCCCC/C=C\CC. The molecule has 0 fully saturated rings. The third-order valence-corrected chi connectivity index (χ3v) is 7.83. The molecule has 1 atom stereocenters. The van der Waals surface area contributed by atoms with Crippen LogP contribution in [-0.4, -0.2) is 56.4 Å². The summed E-state index contributed by atoms with van der Waals surface area (Å²) in [6.07, 6.45) is 37.5. The second kappa shape index (κ2) is 37.6. The van der Waals surface area contributed by atoms with E-state index in [9.17, 15) is 14.7 Å². The topological polar surface area (TPSA) is 91.3 Å². The molecule has 0 bridgehead atoms. The zero-order valence-corrected chi connectivity index (χ0v) is 31.1. The minimum Gasteiger partial charge on any atom is -0.465 e. The van der Waals surface area contributed by atoms with Crippen molar-refractivity contribution in [1.82, 2.24) is 0 Å². The van der Waals surface area contributed by atoms with Crippen molar-refractivity contribution in [3.05, 3.63) is 48.6 Å². The van der Waals surface area contributed by atoms with Gasteiger partial charge < -0.3 is 24.1 Å². The van der Waals surface area contributed by atoms with Crippen molar-refractivity contribution in [2.45, 2.75) is 162 Å². The van der Waals surface area contributed by atoms with Gasteiger partial charge in [0.1, 0.15) is 0 Å². The van der Waals surface area contributed by atoms with E-state index >= 15 is 0 Å². The van der Waals surface area contributed by atoms with Crippen LogP contribution in [0.3, 0.4) is 0 Å². The lowest BCUT2D eigenvalue weighted by molar-refractivity contribution is -0.161. The van der Waals surface area contributed by atoms with E-state index in [0.29, 0.717) is 26.1 Å². The van der Waals surface area contributed by atoms with Crippen molar-refractivity contribution >= 4 is 11.9 Å². The Morgan fingerprint density at radius 3 is 1.58 bits per heavy atom. The minimum atomic E-state index is -0.450. The van der Waals surface area contributed by atoms with Crippen LogP contribution in [0, 0.1) is 5.92 Å². The number of hydrogen-bond donors (Lipinski definition) is 1. The maximum absolute atomic E-state index is 12.5. The molecule has 7 heteroatoms. The monoisotopic (exact) mass is 677 g/mol. The van der Waals surface area contributed by atoms with Crippen LogP contribution in [0.2, 0.25) is 0 Å². The second-order valence-corrected chi connectivity index (χ2v) is 12.5. The van der Waals surface area contributed by atoms with Crippen molar-refractivity contribution in [1.29, 1.82) is 0 Å². The Morgan fingerprint density at radius 2 is 1.04 bits per heavy atom. The second-order valence-electron chi connectivity index (χ2n) is 12.5. The van der Waals surface area contributed by atoms with Crippen LogP contribution >= 0.6 is 0 Å². The van der Waals surface area contributed by atoms with E-state index in [-0.39, 0.29) is 38.2 Å². The molecule has 0 spiro atoms. The predicted octanol–water partition coefficient (Wildman–Crippen LogP) is 10.5. The van der Waals surface area contributed by atoms with E-state index in [1.807, 2.05) is 0 Å². The van der Waals surface area contributed by atoms with Gasteiger partial charge in [0.15, 0.2) is 6.29 Å². The number of aliphatic hydroxyl groups is 1. The first-order valence-corrected chi connectivity index (χ1v) is 19.3. The number of ether oxygens (including phenoxy) is 4. The minimum absolute atomic E-state index is 0.00907. The normalized spacial score (nSPS) is 12.8. The molecule has 7 nitrogen and oxygen atoms in total. The highest BCUT2D eigenvalue weighted by molar-refractivity contribution is 5.69. The van der Waals surface area contributed by atoms with Crippen molar-refractivity contribution < 1.29 is 33.6 Å². The molecule has 278 valence electrons. The van der Waals surface area contributed by atoms with Gasteiger partial charge in [-0.1, -0.05) is 101 Å². The summed E-state index contributed by atoms with van der Waals surface area (Å²) in [5.41, 5.74) is 0. The molecule has 0 rings (SSSR count). The maximum atomic E-state index is 12.5. The van der Waals surface area contributed by atoms with E-state index < -0.39 is 12.2 Å². The molecule has 0 aromatic rings. The Labute approximate surface area is 294 Å². The smallest absolute Gasteiger partial charge is 0.305 e. The summed E-state index contributed by atoms with van der Waals surface area (Å²) in [6.45, 7) is 7.48. The zero-order valence-electron chi connectivity index (χ0n) is 31.1. The first-order valence-electron chi connectivity index (χ1n) is 19.3. The van der Waals surface area contributed by atoms with E-state index in [1.165, 1.54) is 25.7 Å². The first-order chi connectivity index (χ1) is 23.6. The Kier molecular flexibility index (Phi) is 35.9. The van der Waals surface area contributed by atoms with E-state index in [0.717, 1.165) is 89.9 Å². The fourth-order valence-electron chi connectivity index (χ4n) is 4.79. The number of aliphatic hydroxyl groups excluding tert-OH is 1. The van der Waals surface area contributed by atoms with Gasteiger partial charge in [-0.3, -0.25) is 9.59 Å². The maximum Gasteiger partial charge on any atom is 0.305 e. The molecular weight excluding hydrogens is 604 g/mol. The highest BCUT2D eigenvalue weighted by Crippen LogP contribution is 2.12. The molecule has 48 heavy (non-hydrogen) atoms. The Hall–Kier alpha value is -2.22. The molecule has 1 N–H and O–H groups in total. The average Bonchev–Trinajstić information content (AvgIpc) is 3.09. The third-order valence-electron chi connectivity index (χ3n) is 7.83. The van der Waals surface area contributed by atoms with Gasteiger partial charge in [0, 0.05) is 26.1 Å². The summed E-state index contributed by atoms with van der Waals surface area (Å²) in [7, 11) is 0. The van der Waals surface area contributed by atoms with Gasteiger partial charge in [-0.25, -0.2) is 0 Å². The quantitative estimate of drug-likeness (QED) is 0.0309. The molecular formula is C41H72O7. The third kappa shape index (κ3) is 33.7. The first kappa shape index (κ1) is 45.8. The Morgan fingerprint density at radius 1 is 0.562 bits per heavy atom. The fraction of sp³-hybridized carbons (Fsp3) is 0.756. The van der Waals surface area contributed by atoms with Crippen LogP contribution in [0.5, 0.6) is 0 Å². The van der Waals surface area contributed by atoms with Crippen LogP contribution in [0.25, 0.3) is 0 Å². The van der Waals surface area contributed by atoms with Gasteiger partial charge in [-0.05, 0) is 83.5 Å². The number of allylic oxidation sites excluding steroid dienone is 8. The molecule has 0 aromatic heterocycles. The number of hydrogen-bond acceptors (Lipinski definition) is 7. The number of esters is 2. The molecule has 0 saturated carbocycles. The number of rotatable bonds is 35. The van der Waals surface area contributed by atoms with Crippen molar-refractivity contribution in [2.24, 2.45) is 5.92 Å². The van der Waals surface area contributed by atoms with Crippen LogP contribution in [0.1, 0.15) is 156 Å². The lowest BCUT2D eigenvalue weighted by atomic mass is 10.1. The lowest BCUT2D eigenvalue weighted by Gasteiger charge is -2.19. The van der Waals surface area contributed by atoms with Crippen molar-refractivity contribution in [3.8, 4) is 0 Å². The lowest BCUT2D eigenvalue weighted by Crippen LogP contribution is -2.25. The van der Waals surface area contributed by atoms with Crippen LogP contribution in [0.4, 0.5) is 0 Å². The zero-order chi connectivity index (χ0) is 35.2.